The van der Waals surface area contributed by atoms with Gasteiger partial charge in [-0.15, -0.1) is 11.3 Å². The van der Waals surface area contributed by atoms with Crippen molar-refractivity contribution >= 4 is 23.3 Å². The minimum absolute atomic E-state index is 0.184. The van der Waals surface area contributed by atoms with Gasteiger partial charge in [-0.25, -0.2) is 4.98 Å². The van der Waals surface area contributed by atoms with Crippen LogP contribution in [0, 0.1) is 6.92 Å². The number of rotatable bonds is 7. The molecule has 30 heavy (non-hydrogen) atoms. The summed E-state index contributed by atoms with van der Waals surface area (Å²) in [5.74, 6) is 2.01. The normalized spacial score (nSPS) is 15.2. The molecule has 2 heterocycles. The van der Waals surface area contributed by atoms with Crippen molar-refractivity contribution in [2.75, 3.05) is 13.2 Å². The van der Waals surface area contributed by atoms with E-state index in [0.29, 0.717) is 25.5 Å². The van der Waals surface area contributed by atoms with Gasteiger partial charge in [-0.3, -0.25) is 4.79 Å². The Labute approximate surface area is 179 Å². The highest BCUT2D eigenvalue weighted by molar-refractivity contribution is 7.09. The molecule has 1 aliphatic rings. The minimum atomic E-state index is -0.213. The molecular formula is C23H22N2O4S. The second-order valence-electron chi connectivity index (χ2n) is 6.79. The fourth-order valence-electron chi connectivity index (χ4n) is 2.92. The number of amides is 1. The maximum Gasteiger partial charge on any atom is 0.244 e. The van der Waals surface area contributed by atoms with E-state index in [0.717, 1.165) is 27.8 Å². The third kappa shape index (κ3) is 5.39. The molecule has 3 aromatic rings. The van der Waals surface area contributed by atoms with Gasteiger partial charge in [0.1, 0.15) is 25.1 Å². The van der Waals surface area contributed by atoms with Crippen LogP contribution in [0.3, 0.4) is 0 Å². The molecule has 4 rings (SSSR count). The maximum absolute atomic E-state index is 12.1. The number of fused-ring (bicyclic) bond motifs is 1. The Morgan fingerprint density at radius 1 is 1.23 bits per heavy atom. The summed E-state index contributed by atoms with van der Waals surface area (Å²) in [5, 5.41) is 5.87. The van der Waals surface area contributed by atoms with E-state index < -0.39 is 0 Å². The summed E-state index contributed by atoms with van der Waals surface area (Å²) in [7, 11) is 0. The summed E-state index contributed by atoms with van der Waals surface area (Å²) in [6, 6.07) is 15.1. The maximum atomic E-state index is 12.1. The molecule has 154 valence electrons. The molecule has 0 radical (unpaired) electrons. The molecule has 0 spiro atoms. The first-order valence-corrected chi connectivity index (χ1v) is 10.5. The quantitative estimate of drug-likeness (QED) is 0.583. The number of aryl methyl sites for hydroxylation is 1. The third-order valence-corrected chi connectivity index (χ3v) is 5.25. The molecular weight excluding hydrogens is 400 g/mol. The predicted molar refractivity (Wildman–Crippen MR) is 116 cm³/mol. The molecule has 0 saturated carbocycles. The Morgan fingerprint density at radius 2 is 2.03 bits per heavy atom. The number of aromatic nitrogens is 1. The highest BCUT2D eigenvalue weighted by Gasteiger charge is 2.20. The minimum Gasteiger partial charge on any atom is -0.487 e. The summed E-state index contributed by atoms with van der Waals surface area (Å²) in [6.45, 7) is 3.20. The van der Waals surface area contributed by atoms with Gasteiger partial charge in [0.25, 0.3) is 0 Å². The number of hydrogen-bond acceptors (Lipinski definition) is 6. The first-order chi connectivity index (χ1) is 14.7. The standard InChI is InChI=1S/C23H22N2O4S/c1-16-25-18(15-30-16)13-27-19-9-6-17(7-10-19)8-11-23(26)24-12-20-14-28-21-4-2-3-5-22(21)29-20/h2-11,15,20H,12-14H2,1H3,(H,24,26)/b11-8+. The van der Waals surface area contributed by atoms with Crippen LogP contribution in [0.1, 0.15) is 16.3 Å². The third-order valence-electron chi connectivity index (χ3n) is 4.43. The van der Waals surface area contributed by atoms with Crippen LogP contribution in [0.15, 0.2) is 60.0 Å². The Morgan fingerprint density at radius 3 is 2.80 bits per heavy atom. The van der Waals surface area contributed by atoms with E-state index in [9.17, 15) is 4.79 Å². The van der Waals surface area contributed by atoms with Crippen LogP contribution in [0.5, 0.6) is 17.2 Å². The fraction of sp³-hybridized carbons (Fsp3) is 0.217. The second kappa shape index (κ2) is 9.45. The van der Waals surface area contributed by atoms with Gasteiger partial charge in [0.15, 0.2) is 11.5 Å². The molecule has 0 bridgehead atoms. The molecule has 0 fully saturated rings. The lowest BCUT2D eigenvalue weighted by Gasteiger charge is -2.26. The van der Waals surface area contributed by atoms with Gasteiger partial charge in [-0.1, -0.05) is 24.3 Å². The van der Waals surface area contributed by atoms with Crippen molar-refractivity contribution < 1.29 is 19.0 Å². The lowest BCUT2D eigenvalue weighted by atomic mass is 10.2. The molecule has 2 aromatic carbocycles. The van der Waals surface area contributed by atoms with Gasteiger partial charge in [0, 0.05) is 11.5 Å². The molecule has 7 heteroatoms. The number of carbonyl (C=O) groups excluding carboxylic acids is 1. The van der Waals surface area contributed by atoms with Gasteiger partial charge in [-0.05, 0) is 42.8 Å². The van der Waals surface area contributed by atoms with Gasteiger partial charge in [-0.2, -0.15) is 0 Å². The van der Waals surface area contributed by atoms with E-state index in [1.807, 2.05) is 60.8 Å². The molecule has 6 nitrogen and oxygen atoms in total. The lowest BCUT2D eigenvalue weighted by Crippen LogP contribution is -2.40. The summed E-state index contributed by atoms with van der Waals surface area (Å²) >= 11 is 1.61. The summed E-state index contributed by atoms with van der Waals surface area (Å²) < 4.78 is 17.2. The summed E-state index contributed by atoms with van der Waals surface area (Å²) in [6.07, 6.45) is 3.05. The van der Waals surface area contributed by atoms with E-state index in [-0.39, 0.29) is 12.0 Å². The Bertz CT molecular complexity index is 1030. The number of nitrogens with one attached hydrogen (secondary N) is 1. The average Bonchev–Trinajstić information content (AvgIpc) is 3.20. The highest BCUT2D eigenvalue weighted by atomic mass is 32.1. The van der Waals surface area contributed by atoms with E-state index in [2.05, 4.69) is 10.3 Å². The zero-order valence-electron chi connectivity index (χ0n) is 16.5. The second-order valence-corrected chi connectivity index (χ2v) is 7.85. The first-order valence-electron chi connectivity index (χ1n) is 9.64. The molecule has 1 atom stereocenters. The van der Waals surface area contributed by atoms with Crippen LogP contribution in [0.4, 0.5) is 0 Å². The molecule has 1 aliphatic heterocycles. The molecule has 0 aliphatic carbocycles. The van der Waals surface area contributed by atoms with Gasteiger partial charge >= 0.3 is 0 Å². The lowest BCUT2D eigenvalue weighted by molar-refractivity contribution is -0.116. The van der Waals surface area contributed by atoms with E-state index >= 15 is 0 Å². The molecule has 1 N–H and O–H groups in total. The van der Waals surface area contributed by atoms with E-state index in [1.165, 1.54) is 6.08 Å². The van der Waals surface area contributed by atoms with Crippen LogP contribution in [0.2, 0.25) is 0 Å². The van der Waals surface area contributed by atoms with Gasteiger partial charge < -0.3 is 19.5 Å². The number of para-hydroxylation sites is 2. The van der Waals surface area contributed by atoms with Crippen molar-refractivity contribution in [2.24, 2.45) is 0 Å². The largest absolute Gasteiger partial charge is 0.487 e. The van der Waals surface area contributed by atoms with Crippen molar-refractivity contribution in [3.8, 4) is 17.2 Å². The van der Waals surface area contributed by atoms with Crippen LogP contribution < -0.4 is 19.5 Å². The van der Waals surface area contributed by atoms with Crippen molar-refractivity contribution in [2.45, 2.75) is 19.6 Å². The van der Waals surface area contributed by atoms with Crippen molar-refractivity contribution in [3.63, 3.8) is 0 Å². The molecule has 1 amide bonds. The van der Waals surface area contributed by atoms with Crippen LogP contribution in [-0.4, -0.2) is 30.1 Å². The van der Waals surface area contributed by atoms with Crippen molar-refractivity contribution in [1.82, 2.24) is 10.3 Å². The monoisotopic (exact) mass is 422 g/mol. The predicted octanol–water partition coefficient (Wildman–Crippen LogP) is 4.00. The highest BCUT2D eigenvalue weighted by Crippen LogP contribution is 2.30. The molecule has 0 saturated heterocycles. The number of benzene rings is 2. The SMILES string of the molecule is Cc1nc(COc2ccc(/C=C/C(=O)NCC3COc4ccccc4O3)cc2)cs1. The van der Waals surface area contributed by atoms with Crippen LogP contribution in [0.25, 0.3) is 6.08 Å². The van der Waals surface area contributed by atoms with Crippen LogP contribution in [-0.2, 0) is 11.4 Å². The number of hydrogen-bond donors (Lipinski definition) is 1. The smallest absolute Gasteiger partial charge is 0.244 e. The number of nitrogens with zero attached hydrogens (tertiary/aromatic N) is 1. The van der Waals surface area contributed by atoms with Crippen molar-refractivity contribution in [3.05, 3.63) is 76.3 Å². The summed E-state index contributed by atoms with van der Waals surface area (Å²) in [5.41, 5.74) is 1.84. The van der Waals surface area contributed by atoms with E-state index in [4.69, 9.17) is 14.2 Å². The first kappa shape index (κ1) is 20.0. The topological polar surface area (TPSA) is 69.7 Å². The summed E-state index contributed by atoms with van der Waals surface area (Å²) in [4.78, 5) is 16.5. The zero-order chi connectivity index (χ0) is 20.8. The fourth-order valence-corrected chi connectivity index (χ4v) is 3.51. The Hall–Kier alpha value is -3.32. The van der Waals surface area contributed by atoms with Crippen LogP contribution >= 0.6 is 11.3 Å². The zero-order valence-corrected chi connectivity index (χ0v) is 17.4. The van der Waals surface area contributed by atoms with E-state index in [1.54, 1.807) is 17.4 Å². The van der Waals surface area contributed by atoms with Gasteiger partial charge in [0.2, 0.25) is 5.91 Å². The number of carbonyl (C=O) groups is 1. The van der Waals surface area contributed by atoms with Crippen molar-refractivity contribution in [1.29, 1.82) is 0 Å². The number of thiazole rings is 1. The average molecular weight is 423 g/mol. The molecule has 1 aromatic heterocycles. The molecule has 1 unspecified atom stereocenters. The van der Waals surface area contributed by atoms with Gasteiger partial charge in [0.05, 0.1) is 17.2 Å². The Kier molecular flexibility index (Phi) is 6.29. The number of ether oxygens (including phenoxy) is 3. The Balaban J connectivity index is 1.22.